The van der Waals surface area contributed by atoms with Crippen molar-refractivity contribution < 1.29 is 42.1 Å². The Balaban J connectivity index is 4.27. The number of likely N-dealkylation sites (N-methyl/N-ethyl adjacent to an activating group) is 1. The van der Waals surface area contributed by atoms with E-state index >= 15 is 0 Å². The number of hydrogen-bond donors (Lipinski definition) is 0. The fourth-order valence-corrected chi connectivity index (χ4v) is 7.73. The number of nitrogens with zero attached hydrogens (tertiary/aromatic N) is 1. The van der Waals surface area contributed by atoms with Gasteiger partial charge < -0.3 is 27.9 Å². The second-order valence-electron chi connectivity index (χ2n) is 18.2. The van der Waals surface area contributed by atoms with Crippen LogP contribution in [0.4, 0.5) is 0 Å². The van der Waals surface area contributed by atoms with Gasteiger partial charge in [-0.25, -0.2) is 0 Å². The van der Waals surface area contributed by atoms with Gasteiger partial charge in [-0.1, -0.05) is 179 Å². The zero-order chi connectivity index (χ0) is 44.3. The van der Waals surface area contributed by atoms with E-state index in [1.54, 1.807) is 0 Å². The van der Waals surface area contributed by atoms with E-state index in [1.165, 1.54) is 161 Å². The summed E-state index contributed by atoms with van der Waals surface area (Å²) in [4.78, 5) is 37.7. The van der Waals surface area contributed by atoms with Crippen LogP contribution in [0.15, 0.2) is 24.3 Å². The Kier molecular flexibility index (Phi) is 41.7. The Bertz CT molecular complexity index is 1070. The third kappa shape index (κ3) is 46.0. The lowest BCUT2D eigenvalue weighted by molar-refractivity contribution is -0.870. The highest BCUT2D eigenvalue weighted by Crippen LogP contribution is 2.38. The van der Waals surface area contributed by atoms with Gasteiger partial charge in [-0.15, -0.1) is 0 Å². The van der Waals surface area contributed by atoms with Gasteiger partial charge in [0.25, 0.3) is 7.82 Å². The smallest absolute Gasteiger partial charge is 0.306 e. The Morgan fingerprint density at radius 1 is 0.500 bits per heavy atom. The van der Waals surface area contributed by atoms with E-state index in [0.29, 0.717) is 17.4 Å². The molecule has 0 radical (unpaired) electrons. The molecular weight excluding hydrogens is 774 g/mol. The van der Waals surface area contributed by atoms with Crippen LogP contribution in [0.25, 0.3) is 0 Å². The molecule has 0 aliphatic rings. The molecule has 0 bridgehead atoms. The molecule has 0 spiro atoms. The first-order valence-corrected chi connectivity index (χ1v) is 26.5. The average Bonchev–Trinajstić information content (AvgIpc) is 3.20. The zero-order valence-corrected chi connectivity index (χ0v) is 40.8. The molecule has 60 heavy (non-hydrogen) atoms. The van der Waals surface area contributed by atoms with Crippen molar-refractivity contribution in [1.29, 1.82) is 0 Å². The second-order valence-corrected chi connectivity index (χ2v) is 19.6. The SMILES string of the molecule is CCCCCCCC/C=C\CCCCCCCCCCC(=O)OCC(COP(=O)([O-])OCC[N+](C)(C)C)OC(=O)CCCCCCCCCC/C=C\CCCCCCCC. The lowest BCUT2D eigenvalue weighted by atomic mass is 10.1. The third-order valence-electron chi connectivity index (χ3n) is 10.9. The van der Waals surface area contributed by atoms with Crippen LogP contribution in [0, 0.1) is 0 Å². The van der Waals surface area contributed by atoms with Gasteiger partial charge in [-0.2, -0.15) is 0 Å². The molecule has 10 heteroatoms. The predicted molar refractivity (Wildman–Crippen MR) is 250 cm³/mol. The number of phosphoric acid groups is 1. The van der Waals surface area contributed by atoms with Crippen molar-refractivity contribution in [2.45, 2.75) is 238 Å². The fraction of sp³-hybridized carbons (Fsp3) is 0.880. The minimum atomic E-state index is -4.63. The predicted octanol–water partition coefficient (Wildman–Crippen LogP) is 14.1. The molecule has 0 saturated carbocycles. The standard InChI is InChI=1S/C50H96NO8P/c1-6-8-10-12-14-16-18-20-22-24-26-28-30-32-34-36-38-40-42-49(52)56-46-48(47-58-60(54,55)57-45-44-51(3,4)5)59-50(53)43-41-39-37-35-33-31-29-27-25-23-21-19-17-15-13-11-9-7-2/h20-23,48H,6-19,24-47H2,1-5H3/b22-20-,23-21-. The van der Waals surface area contributed by atoms with Gasteiger partial charge in [-0.3, -0.25) is 14.2 Å². The Labute approximate surface area is 370 Å². The van der Waals surface area contributed by atoms with Gasteiger partial charge in [0, 0.05) is 12.8 Å². The van der Waals surface area contributed by atoms with Gasteiger partial charge in [0.1, 0.15) is 19.8 Å². The maximum Gasteiger partial charge on any atom is 0.306 e. The molecule has 0 aromatic rings. The van der Waals surface area contributed by atoms with Crippen LogP contribution in [0.2, 0.25) is 0 Å². The summed E-state index contributed by atoms with van der Waals surface area (Å²) in [6, 6.07) is 0. The summed E-state index contributed by atoms with van der Waals surface area (Å²) >= 11 is 0. The lowest BCUT2D eigenvalue weighted by Gasteiger charge is -2.28. The number of hydrogen-bond acceptors (Lipinski definition) is 8. The van der Waals surface area contributed by atoms with Gasteiger partial charge in [0.15, 0.2) is 6.10 Å². The maximum atomic E-state index is 12.7. The molecular formula is C50H96NO8P. The number of allylic oxidation sites excluding steroid dienone is 4. The minimum Gasteiger partial charge on any atom is -0.756 e. The van der Waals surface area contributed by atoms with Crippen LogP contribution < -0.4 is 4.89 Å². The quantitative estimate of drug-likeness (QED) is 0.0195. The van der Waals surface area contributed by atoms with Crippen LogP contribution in [0.3, 0.4) is 0 Å². The number of rotatable bonds is 46. The molecule has 0 amide bonds. The molecule has 9 nitrogen and oxygen atoms in total. The van der Waals surface area contributed by atoms with Crippen LogP contribution in [0.5, 0.6) is 0 Å². The summed E-state index contributed by atoms with van der Waals surface area (Å²) in [6.45, 7) is 4.24. The third-order valence-corrected chi connectivity index (χ3v) is 11.9. The van der Waals surface area contributed by atoms with Crippen molar-refractivity contribution in [2.24, 2.45) is 0 Å². The number of carbonyl (C=O) groups excluding carboxylic acids is 2. The molecule has 0 aromatic carbocycles. The first-order valence-electron chi connectivity index (χ1n) is 25.0. The monoisotopic (exact) mass is 870 g/mol. The normalized spacial score (nSPS) is 13.6. The first kappa shape index (κ1) is 58.5. The van der Waals surface area contributed by atoms with Crippen molar-refractivity contribution in [3.63, 3.8) is 0 Å². The van der Waals surface area contributed by atoms with Gasteiger partial charge in [-0.05, 0) is 64.2 Å². The molecule has 2 atom stereocenters. The summed E-state index contributed by atoms with van der Waals surface area (Å²) < 4.78 is 34.0. The molecule has 0 aliphatic carbocycles. The van der Waals surface area contributed by atoms with Gasteiger partial charge in [0.2, 0.25) is 0 Å². The number of quaternary nitrogens is 1. The molecule has 0 saturated heterocycles. The van der Waals surface area contributed by atoms with E-state index in [4.69, 9.17) is 18.5 Å². The Morgan fingerprint density at radius 2 is 0.850 bits per heavy atom. The second kappa shape index (κ2) is 42.8. The molecule has 0 N–H and O–H groups in total. The average molecular weight is 870 g/mol. The van der Waals surface area contributed by atoms with Crippen LogP contribution in [-0.4, -0.2) is 70.0 Å². The molecule has 0 heterocycles. The molecule has 0 aliphatic heterocycles. The van der Waals surface area contributed by atoms with E-state index in [1.807, 2.05) is 21.1 Å². The summed E-state index contributed by atoms with van der Waals surface area (Å²) in [5.41, 5.74) is 0. The van der Waals surface area contributed by atoms with E-state index in [-0.39, 0.29) is 32.0 Å². The summed E-state index contributed by atoms with van der Waals surface area (Å²) in [5, 5.41) is 0. The lowest BCUT2D eigenvalue weighted by Crippen LogP contribution is -2.37. The number of ether oxygens (including phenoxy) is 2. The van der Waals surface area contributed by atoms with E-state index < -0.39 is 26.5 Å². The van der Waals surface area contributed by atoms with E-state index in [2.05, 4.69) is 38.2 Å². The number of unbranched alkanes of at least 4 members (excludes halogenated alkanes) is 28. The highest BCUT2D eigenvalue weighted by Gasteiger charge is 2.21. The molecule has 0 aromatic heterocycles. The fourth-order valence-electron chi connectivity index (χ4n) is 7.00. The van der Waals surface area contributed by atoms with E-state index in [0.717, 1.165) is 38.5 Å². The first-order chi connectivity index (χ1) is 29.0. The molecule has 0 rings (SSSR count). The van der Waals surface area contributed by atoms with Crippen LogP contribution >= 0.6 is 7.82 Å². The van der Waals surface area contributed by atoms with E-state index in [9.17, 15) is 19.0 Å². The number of esters is 2. The largest absolute Gasteiger partial charge is 0.756 e. The van der Waals surface area contributed by atoms with Crippen molar-refractivity contribution in [2.75, 3.05) is 47.5 Å². The van der Waals surface area contributed by atoms with Gasteiger partial charge in [0.05, 0.1) is 27.7 Å². The van der Waals surface area contributed by atoms with Crippen molar-refractivity contribution in [3.05, 3.63) is 24.3 Å². The summed E-state index contributed by atoms with van der Waals surface area (Å²) in [7, 11) is 1.17. The minimum absolute atomic E-state index is 0.0303. The Hall–Kier alpha value is -1.51. The van der Waals surface area contributed by atoms with Crippen molar-refractivity contribution >= 4 is 19.8 Å². The molecule has 2 unspecified atom stereocenters. The maximum absolute atomic E-state index is 12.7. The molecule has 0 fully saturated rings. The topological polar surface area (TPSA) is 111 Å². The summed E-state index contributed by atoms with van der Waals surface area (Å²) in [6.07, 6.45) is 47.7. The van der Waals surface area contributed by atoms with Crippen LogP contribution in [0.1, 0.15) is 232 Å². The van der Waals surface area contributed by atoms with Crippen molar-refractivity contribution in [3.8, 4) is 0 Å². The summed E-state index contributed by atoms with van der Waals surface area (Å²) in [5.74, 6) is -0.832. The van der Waals surface area contributed by atoms with Crippen LogP contribution in [-0.2, 0) is 32.7 Å². The number of carbonyl (C=O) groups is 2. The van der Waals surface area contributed by atoms with Crippen molar-refractivity contribution in [1.82, 2.24) is 0 Å². The zero-order valence-electron chi connectivity index (χ0n) is 39.9. The highest BCUT2D eigenvalue weighted by molar-refractivity contribution is 7.45. The van der Waals surface area contributed by atoms with Gasteiger partial charge >= 0.3 is 11.9 Å². The number of phosphoric ester groups is 1. The molecule has 354 valence electrons. The highest BCUT2D eigenvalue weighted by atomic mass is 31.2. The Morgan fingerprint density at radius 3 is 1.23 bits per heavy atom.